The van der Waals surface area contributed by atoms with E-state index in [-0.39, 0.29) is 29.4 Å². The maximum Gasteiger partial charge on any atom is 0.309 e. The lowest BCUT2D eigenvalue weighted by molar-refractivity contribution is -0.148. The Morgan fingerprint density at radius 2 is 1.62 bits per heavy atom. The molecular weight excluding hydrogens is 435 g/mol. The van der Waals surface area contributed by atoms with Crippen molar-refractivity contribution in [1.29, 1.82) is 0 Å². The molecule has 2 aliphatic carbocycles. The summed E-state index contributed by atoms with van der Waals surface area (Å²) in [6, 6.07) is 0.234. The van der Waals surface area contributed by atoms with Gasteiger partial charge >= 0.3 is 5.97 Å². The fraction of sp³-hybridized carbons (Fsp3) is 0.913. The van der Waals surface area contributed by atoms with E-state index < -0.39 is 18.1 Å². The predicted molar refractivity (Wildman–Crippen MR) is 121 cm³/mol. The number of piperidine rings is 1. The molecule has 0 aromatic carbocycles. The second-order valence-electron chi connectivity index (χ2n) is 10.1. The van der Waals surface area contributed by atoms with E-state index in [9.17, 15) is 19.1 Å². The Balaban J connectivity index is 1.28. The number of carbonyl (C=O) groups is 2. The topological polar surface area (TPSA) is 84.9 Å². The van der Waals surface area contributed by atoms with Gasteiger partial charge in [-0.15, -0.1) is 11.6 Å². The van der Waals surface area contributed by atoms with E-state index in [0.717, 1.165) is 39.0 Å². The third-order valence-electron chi connectivity index (χ3n) is 8.04. The lowest BCUT2D eigenvalue weighted by Gasteiger charge is -2.47. The number of carboxylic acid groups (broad SMARTS) is 1. The van der Waals surface area contributed by atoms with Gasteiger partial charge in [-0.05, 0) is 44.9 Å². The molecule has 4 aliphatic rings. The number of piperazine rings is 1. The average Bonchev–Trinajstić information content (AvgIpc) is 2.80. The number of carbonyl (C=O) groups excluding carboxylic acids is 1. The van der Waals surface area contributed by atoms with E-state index in [1.165, 1.54) is 12.8 Å². The monoisotopic (exact) mass is 472 g/mol. The standard InChI is InChI=1S/C23H38ClFN4O3/c24-19-3-1-2-4-20(19)28-9-11-29(12-10-28)21-18(23(31)32)13-17(14-26-21)27-22(30)15-5-7-16(25)8-6-15/h15-21,26H,1-14H2,(H,27,30)(H,31,32). The number of amides is 1. The first-order chi connectivity index (χ1) is 15.4. The van der Waals surface area contributed by atoms with Crippen LogP contribution < -0.4 is 10.6 Å². The molecule has 1 amide bonds. The summed E-state index contributed by atoms with van der Waals surface area (Å²) in [7, 11) is 0. The van der Waals surface area contributed by atoms with E-state index in [1.807, 2.05) is 0 Å². The summed E-state index contributed by atoms with van der Waals surface area (Å²) < 4.78 is 13.4. The zero-order chi connectivity index (χ0) is 22.7. The van der Waals surface area contributed by atoms with Gasteiger partial charge in [0.1, 0.15) is 6.17 Å². The summed E-state index contributed by atoms with van der Waals surface area (Å²) in [6.45, 7) is 4.03. The minimum Gasteiger partial charge on any atom is -0.481 e. The third-order valence-corrected chi connectivity index (χ3v) is 8.55. The molecule has 4 fully saturated rings. The molecule has 0 spiro atoms. The van der Waals surface area contributed by atoms with Crippen LogP contribution in [-0.4, -0.2) is 89.3 Å². The van der Waals surface area contributed by atoms with Crippen LogP contribution in [0.2, 0.25) is 0 Å². The van der Waals surface area contributed by atoms with Crippen molar-refractivity contribution in [3.63, 3.8) is 0 Å². The normalized spacial score (nSPS) is 40.0. The van der Waals surface area contributed by atoms with E-state index in [4.69, 9.17) is 11.6 Å². The molecule has 0 radical (unpaired) electrons. The number of rotatable bonds is 5. The molecule has 0 aromatic heterocycles. The van der Waals surface area contributed by atoms with Crippen LogP contribution in [0.1, 0.15) is 57.8 Å². The van der Waals surface area contributed by atoms with Crippen molar-refractivity contribution in [2.75, 3.05) is 32.7 Å². The summed E-state index contributed by atoms with van der Waals surface area (Å²) in [5.41, 5.74) is 0. The number of nitrogens with zero attached hydrogens (tertiary/aromatic N) is 2. The fourth-order valence-corrected chi connectivity index (χ4v) is 6.55. The van der Waals surface area contributed by atoms with Gasteiger partial charge in [0.15, 0.2) is 0 Å². The molecule has 182 valence electrons. The highest BCUT2D eigenvalue weighted by atomic mass is 35.5. The highest BCUT2D eigenvalue weighted by Crippen LogP contribution is 2.30. The van der Waals surface area contributed by atoms with Gasteiger partial charge < -0.3 is 10.4 Å². The minimum absolute atomic E-state index is 0.0528. The summed E-state index contributed by atoms with van der Waals surface area (Å²) in [5.74, 6) is -1.60. The molecule has 5 unspecified atom stereocenters. The van der Waals surface area contributed by atoms with Crippen LogP contribution in [-0.2, 0) is 9.59 Å². The van der Waals surface area contributed by atoms with Crippen molar-refractivity contribution in [2.24, 2.45) is 11.8 Å². The van der Waals surface area contributed by atoms with E-state index in [1.54, 1.807) is 0 Å². The first-order valence-corrected chi connectivity index (χ1v) is 12.9. The molecule has 2 aliphatic heterocycles. The maximum atomic E-state index is 13.4. The molecule has 2 saturated carbocycles. The van der Waals surface area contributed by atoms with Crippen LogP contribution in [0.15, 0.2) is 0 Å². The largest absolute Gasteiger partial charge is 0.481 e. The fourth-order valence-electron chi connectivity index (χ4n) is 6.11. The summed E-state index contributed by atoms with van der Waals surface area (Å²) in [5, 5.41) is 16.6. The van der Waals surface area contributed by atoms with Crippen molar-refractivity contribution in [1.82, 2.24) is 20.4 Å². The van der Waals surface area contributed by atoms with Crippen LogP contribution in [0.4, 0.5) is 4.39 Å². The Labute approximate surface area is 195 Å². The van der Waals surface area contributed by atoms with E-state index in [2.05, 4.69) is 20.4 Å². The van der Waals surface area contributed by atoms with Crippen LogP contribution in [0.25, 0.3) is 0 Å². The Morgan fingerprint density at radius 1 is 0.969 bits per heavy atom. The van der Waals surface area contributed by atoms with Gasteiger partial charge in [0.25, 0.3) is 0 Å². The summed E-state index contributed by atoms with van der Waals surface area (Å²) >= 11 is 6.59. The molecular formula is C23H38ClFN4O3. The van der Waals surface area contributed by atoms with Gasteiger partial charge in [-0.25, -0.2) is 4.39 Å². The molecule has 4 rings (SSSR count). The number of hydrogen-bond donors (Lipinski definition) is 3. The van der Waals surface area contributed by atoms with Crippen LogP contribution in [0.5, 0.6) is 0 Å². The van der Waals surface area contributed by atoms with Crippen LogP contribution in [0.3, 0.4) is 0 Å². The number of hydrogen-bond acceptors (Lipinski definition) is 5. The molecule has 7 nitrogen and oxygen atoms in total. The molecule has 0 bridgehead atoms. The summed E-state index contributed by atoms with van der Waals surface area (Å²) in [6.07, 6.45) is 6.14. The molecule has 2 saturated heterocycles. The van der Waals surface area contributed by atoms with Crippen molar-refractivity contribution in [3.05, 3.63) is 0 Å². The predicted octanol–water partition coefficient (Wildman–Crippen LogP) is 2.19. The number of alkyl halides is 2. The van der Waals surface area contributed by atoms with Crippen LogP contribution in [0, 0.1) is 11.8 Å². The molecule has 5 atom stereocenters. The summed E-state index contributed by atoms with van der Waals surface area (Å²) in [4.78, 5) is 29.4. The number of nitrogens with one attached hydrogen (secondary N) is 2. The molecule has 0 aromatic rings. The maximum absolute atomic E-state index is 13.4. The lowest BCUT2D eigenvalue weighted by atomic mass is 9.86. The number of carboxylic acids is 1. The second kappa shape index (κ2) is 11.0. The van der Waals surface area contributed by atoms with Gasteiger partial charge in [-0.1, -0.05) is 12.8 Å². The van der Waals surface area contributed by atoms with Gasteiger partial charge in [-0.2, -0.15) is 0 Å². The van der Waals surface area contributed by atoms with Crippen LogP contribution >= 0.6 is 11.6 Å². The van der Waals surface area contributed by atoms with Gasteiger partial charge in [-0.3, -0.25) is 24.7 Å². The van der Waals surface area contributed by atoms with E-state index >= 15 is 0 Å². The molecule has 2 heterocycles. The van der Waals surface area contributed by atoms with Crippen molar-refractivity contribution in [2.45, 2.75) is 87.6 Å². The van der Waals surface area contributed by atoms with Gasteiger partial charge in [0.05, 0.1) is 12.1 Å². The Kier molecular flexibility index (Phi) is 8.29. The van der Waals surface area contributed by atoms with Crippen molar-refractivity contribution >= 4 is 23.5 Å². The zero-order valence-electron chi connectivity index (χ0n) is 18.9. The zero-order valence-corrected chi connectivity index (χ0v) is 19.6. The minimum atomic E-state index is -0.824. The molecule has 9 heteroatoms. The first-order valence-electron chi connectivity index (χ1n) is 12.4. The highest BCUT2D eigenvalue weighted by molar-refractivity contribution is 6.21. The third kappa shape index (κ3) is 5.75. The average molecular weight is 473 g/mol. The molecule has 3 N–H and O–H groups in total. The number of aliphatic carboxylic acids is 1. The number of halogens is 2. The Hall–Kier alpha value is -0.960. The Bertz CT molecular complexity index is 655. The lowest BCUT2D eigenvalue weighted by Crippen LogP contribution is -2.65. The highest BCUT2D eigenvalue weighted by Gasteiger charge is 2.41. The van der Waals surface area contributed by atoms with Gasteiger partial charge in [0, 0.05) is 56.1 Å². The Morgan fingerprint density at radius 3 is 2.28 bits per heavy atom. The SMILES string of the molecule is O=C(NC1CNC(N2CCN(C3CCCCC3Cl)CC2)C(C(=O)O)C1)C1CCC(F)CC1. The molecule has 32 heavy (non-hydrogen) atoms. The van der Waals surface area contributed by atoms with Crippen molar-refractivity contribution in [3.8, 4) is 0 Å². The van der Waals surface area contributed by atoms with Gasteiger partial charge in [0.2, 0.25) is 5.91 Å². The quantitative estimate of drug-likeness (QED) is 0.532. The smallest absolute Gasteiger partial charge is 0.309 e. The second-order valence-corrected chi connectivity index (χ2v) is 10.7. The first kappa shape index (κ1) is 24.2. The van der Waals surface area contributed by atoms with E-state index in [0.29, 0.717) is 44.7 Å². The van der Waals surface area contributed by atoms with Crippen molar-refractivity contribution < 1.29 is 19.1 Å².